The number of hydrogen-bond acceptors (Lipinski definition) is 3. The summed E-state index contributed by atoms with van der Waals surface area (Å²) in [7, 11) is 0. The average Bonchev–Trinajstić information content (AvgIpc) is 2.96. The molecule has 0 N–H and O–H groups in total. The van der Waals surface area contributed by atoms with Crippen LogP contribution in [0.5, 0.6) is 5.75 Å². The van der Waals surface area contributed by atoms with E-state index >= 15 is 0 Å². The maximum absolute atomic E-state index is 11.9. The van der Waals surface area contributed by atoms with E-state index in [9.17, 15) is 4.79 Å². The SMILES string of the molecule is O=C1CCCN1CC1CCCCN1CCOc1ccc(Cl)cc1. The van der Waals surface area contributed by atoms with Crippen LogP contribution in [-0.4, -0.2) is 54.5 Å². The first-order valence-corrected chi connectivity index (χ1v) is 9.00. The number of ether oxygens (including phenoxy) is 1. The molecule has 0 bridgehead atoms. The fraction of sp³-hybridized carbons (Fsp3) is 0.611. The lowest BCUT2D eigenvalue weighted by Crippen LogP contribution is -2.48. The third-order valence-electron chi connectivity index (χ3n) is 4.81. The maximum atomic E-state index is 11.9. The van der Waals surface area contributed by atoms with Gasteiger partial charge in [-0.25, -0.2) is 0 Å². The number of halogens is 1. The quantitative estimate of drug-likeness (QED) is 0.799. The molecular weight excluding hydrogens is 312 g/mol. The van der Waals surface area contributed by atoms with E-state index in [4.69, 9.17) is 16.3 Å². The van der Waals surface area contributed by atoms with Crippen molar-refractivity contribution in [3.05, 3.63) is 29.3 Å². The molecule has 0 aliphatic carbocycles. The number of benzene rings is 1. The fourth-order valence-electron chi connectivity index (χ4n) is 3.52. The summed E-state index contributed by atoms with van der Waals surface area (Å²) in [5, 5.41) is 0.726. The molecule has 3 rings (SSSR count). The van der Waals surface area contributed by atoms with E-state index < -0.39 is 0 Å². The van der Waals surface area contributed by atoms with Gasteiger partial charge in [0.25, 0.3) is 0 Å². The molecule has 2 aliphatic rings. The van der Waals surface area contributed by atoms with Gasteiger partial charge in [-0.1, -0.05) is 18.0 Å². The molecule has 0 aromatic heterocycles. The van der Waals surface area contributed by atoms with Crippen molar-refractivity contribution in [2.45, 2.75) is 38.1 Å². The average molecular weight is 337 g/mol. The highest BCUT2D eigenvalue weighted by atomic mass is 35.5. The van der Waals surface area contributed by atoms with E-state index in [-0.39, 0.29) is 0 Å². The molecule has 1 aromatic rings. The van der Waals surface area contributed by atoms with Crippen LogP contribution in [0.1, 0.15) is 32.1 Å². The van der Waals surface area contributed by atoms with Crippen molar-refractivity contribution in [1.82, 2.24) is 9.80 Å². The van der Waals surface area contributed by atoms with Crippen LogP contribution in [-0.2, 0) is 4.79 Å². The highest BCUT2D eigenvalue weighted by Crippen LogP contribution is 2.21. The number of nitrogens with zero attached hydrogens (tertiary/aromatic N) is 2. The van der Waals surface area contributed by atoms with Crippen molar-refractivity contribution in [3.8, 4) is 5.75 Å². The topological polar surface area (TPSA) is 32.8 Å². The first kappa shape index (κ1) is 16.6. The number of hydrogen-bond donors (Lipinski definition) is 0. The van der Waals surface area contributed by atoms with Crippen molar-refractivity contribution < 1.29 is 9.53 Å². The Morgan fingerprint density at radius 3 is 2.70 bits per heavy atom. The van der Waals surface area contributed by atoms with Gasteiger partial charge in [0.2, 0.25) is 5.91 Å². The van der Waals surface area contributed by atoms with Crippen LogP contribution in [0.25, 0.3) is 0 Å². The summed E-state index contributed by atoms with van der Waals surface area (Å²) in [6.45, 7) is 4.52. The van der Waals surface area contributed by atoms with Gasteiger partial charge in [0.1, 0.15) is 12.4 Å². The largest absolute Gasteiger partial charge is 0.492 e. The Bertz CT molecular complexity index is 520. The van der Waals surface area contributed by atoms with Gasteiger partial charge in [-0.3, -0.25) is 9.69 Å². The highest BCUT2D eigenvalue weighted by molar-refractivity contribution is 6.30. The number of piperidine rings is 1. The van der Waals surface area contributed by atoms with Gasteiger partial charge < -0.3 is 9.64 Å². The summed E-state index contributed by atoms with van der Waals surface area (Å²) in [4.78, 5) is 16.4. The van der Waals surface area contributed by atoms with Gasteiger partial charge in [0.15, 0.2) is 0 Å². The molecule has 5 heteroatoms. The monoisotopic (exact) mass is 336 g/mol. The molecule has 1 amide bonds. The predicted octanol–water partition coefficient (Wildman–Crippen LogP) is 3.20. The molecule has 0 spiro atoms. The van der Waals surface area contributed by atoms with E-state index in [1.165, 1.54) is 19.3 Å². The molecule has 2 heterocycles. The zero-order chi connectivity index (χ0) is 16.1. The lowest BCUT2D eigenvalue weighted by atomic mass is 10.0. The number of likely N-dealkylation sites (tertiary alicyclic amines) is 2. The standard InChI is InChI=1S/C18H25ClN2O2/c19-15-6-8-17(9-7-15)23-13-12-20-10-2-1-4-16(20)14-21-11-3-5-18(21)22/h6-9,16H,1-5,10-14H2. The van der Waals surface area contributed by atoms with Crippen molar-refractivity contribution in [3.63, 3.8) is 0 Å². The summed E-state index contributed by atoms with van der Waals surface area (Å²) in [5.41, 5.74) is 0. The van der Waals surface area contributed by atoms with Crippen molar-refractivity contribution in [1.29, 1.82) is 0 Å². The van der Waals surface area contributed by atoms with Crippen LogP contribution in [0.2, 0.25) is 5.02 Å². The molecular formula is C18H25ClN2O2. The summed E-state index contributed by atoms with van der Waals surface area (Å²) in [6.07, 6.45) is 5.44. The van der Waals surface area contributed by atoms with E-state index in [0.717, 1.165) is 49.8 Å². The maximum Gasteiger partial charge on any atom is 0.222 e. The number of rotatable bonds is 6. The fourth-order valence-corrected chi connectivity index (χ4v) is 3.65. The second-order valence-corrected chi connectivity index (χ2v) is 6.87. The van der Waals surface area contributed by atoms with Crippen LogP contribution >= 0.6 is 11.6 Å². The van der Waals surface area contributed by atoms with Crippen molar-refractivity contribution >= 4 is 17.5 Å². The predicted molar refractivity (Wildman–Crippen MR) is 92.0 cm³/mol. The van der Waals surface area contributed by atoms with Gasteiger partial charge in [-0.15, -0.1) is 0 Å². The molecule has 2 fully saturated rings. The van der Waals surface area contributed by atoms with Gasteiger partial charge in [-0.05, 0) is 50.1 Å². The first-order valence-electron chi connectivity index (χ1n) is 8.62. The lowest BCUT2D eigenvalue weighted by Gasteiger charge is -2.37. The Morgan fingerprint density at radius 1 is 1.13 bits per heavy atom. The molecule has 0 saturated carbocycles. The lowest BCUT2D eigenvalue weighted by molar-refractivity contribution is -0.128. The van der Waals surface area contributed by atoms with Crippen LogP contribution in [0.3, 0.4) is 0 Å². The molecule has 23 heavy (non-hydrogen) atoms. The Labute approximate surface area is 143 Å². The molecule has 1 aromatic carbocycles. The molecule has 1 unspecified atom stereocenters. The zero-order valence-corrected chi connectivity index (χ0v) is 14.3. The first-order chi connectivity index (χ1) is 11.2. The van der Waals surface area contributed by atoms with Crippen molar-refractivity contribution in [2.24, 2.45) is 0 Å². The minimum Gasteiger partial charge on any atom is -0.492 e. The molecule has 0 radical (unpaired) electrons. The third-order valence-corrected chi connectivity index (χ3v) is 5.06. The van der Waals surface area contributed by atoms with Crippen LogP contribution < -0.4 is 4.74 Å². The van der Waals surface area contributed by atoms with Gasteiger partial charge >= 0.3 is 0 Å². The van der Waals surface area contributed by atoms with Gasteiger partial charge in [0, 0.05) is 37.1 Å². The third kappa shape index (κ3) is 4.61. The number of carbonyl (C=O) groups is 1. The second kappa shape index (κ2) is 8.02. The summed E-state index contributed by atoms with van der Waals surface area (Å²) < 4.78 is 5.82. The Hall–Kier alpha value is -1.26. The Kier molecular flexibility index (Phi) is 5.79. The molecule has 2 aliphatic heterocycles. The number of carbonyl (C=O) groups excluding carboxylic acids is 1. The van der Waals surface area contributed by atoms with Crippen LogP contribution in [0.4, 0.5) is 0 Å². The Morgan fingerprint density at radius 2 is 1.96 bits per heavy atom. The van der Waals surface area contributed by atoms with Gasteiger partial charge in [0.05, 0.1) is 0 Å². The molecule has 4 nitrogen and oxygen atoms in total. The van der Waals surface area contributed by atoms with E-state index in [2.05, 4.69) is 4.90 Å². The smallest absolute Gasteiger partial charge is 0.222 e. The normalized spacial score (nSPS) is 22.6. The summed E-state index contributed by atoms with van der Waals surface area (Å²) in [5.74, 6) is 1.19. The van der Waals surface area contributed by atoms with Gasteiger partial charge in [-0.2, -0.15) is 0 Å². The molecule has 2 saturated heterocycles. The second-order valence-electron chi connectivity index (χ2n) is 6.43. The van der Waals surface area contributed by atoms with E-state index in [1.54, 1.807) is 0 Å². The van der Waals surface area contributed by atoms with Crippen LogP contribution in [0.15, 0.2) is 24.3 Å². The molecule has 1 atom stereocenters. The summed E-state index contributed by atoms with van der Waals surface area (Å²) >= 11 is 5.88. The minimum absolute atomic E-state index is 0.327. The zero-order valence-electron chi connectivity index (χ0n) is 13.5. The molecule has 126 valence electrons. The van der Waals surface area contributed by atoms with E-state index in [1.807, 2.05) is 29.2 Å². The van der Waals surface area contributed by atoms with Crippen LogP contribution in [0, 0.1) is 0 Å². The minimum atomic E-state index is 0.327. The Balaban J connectivity index is 1.48. The van der Waals surface area contributed by atoms with E-state index in [0.29, 0.717) is 18.6 Å². The summed E-state index contributed by atoms with van der Waals surface area (Å²) in [6, 6.07) is 7.98. The highest BCUT2D eigenvalue weighted by Gasteiger charge is 2.28. The van der Waals surface area contributed by atoms with Crippen molar-refractivity contribution in [2.75, 3.05) is 32.8 Å². The number of amides is 1.